The van der Waals surface area contributed by atoms with Gasteiger partial charge in [0.15, 0.2) is 0 Å². The Labute approximate surface area is 109 Å². The van der Waals surface area contributed by atoms with Gasteiger partial charge in [-0.15, -0.1) is 0 Å². The lowest BCUT2D eigenvalue weighted by Crippen LogP contribution is -2.25. The summed E-state index contributed by atoms with van der Waals surface area (Å²) in [6, 6.07) is 2.54. The van der Waals surface area contributed by atoms with Crippen molar-refractivity contribution >= 4 is 11.6 Å². The second-order valence-corrected chi connectivity index (χ2v) is 5.30. The lowest BCUT2D eigenvalue weighted by molar-refractivity contribution is 0.252. The van der Waals surface area contributed by atoms with E-state index in [0.29, 0.717) is 11.2 Å². The summed E-state index contributed by atoms with van der Waals surface area (Å²) in [7, 11) is 0. The third-order valence-electron chi connectivity index (χ3n) is 3.64. The van der Waals surface area contributed by atoms with Crippen LogP contribution in [0.5, 0.6) is 0 Å². The molecule has 1 fully saturated rings. The molecule has 0 N–H and O–H groups in total. The fourth-order valence-electron chi connectivity index (χ4n) is 2.69. The van der Waals surface area contributed by atoms with E-state index in [1.807, 2.05) is 12.3 Å². The highest BCUT2D eigenvalue weighted by Crippen LogP contribution is 2.33. The molecule has 0 aromatic carbocycles. The Hall–Kier alpha value is -0.600. The van der Waals surface area contributed by atoms with Crippen LogP contribution in [0.2, 0.25) is 5.15 Å². The molecule has 1 aromatic heterocycles. The predicted octanol–water partition coefficient (Wildman–Crippen LogP) is 3.98. The van der Waals surface area contributed by atoms with Gasteiger partial charge in [0.25, 0.3) is 0 Å². The summed E-state index contributed by atoms with van der Waals surface area (Å²) in [5.41, 5.74) is 2.64. The van der Waals surface area contributed by atoms with Gasteiger partial charge in [0, 0.05) is 12.2 Å². The van der Waals surface area contributed by atoms with E-state index >= 15 is 0 Å². The molecule has 17 heavy (non-hydrogen) atoms. The molecule has 0 bridgehead atoms. The van der Waals surface area contributed by atoms with Gasteiger partial charge in [0.2, 0.25) is 0 Å². The van der Waals surface area contributed by atoms with Crippen LogP contribution in [0, 0.1) is 6.92 Å². The number of halogens is 1. The number of hydrogen-bond acceptors (Lipinski definition) is 2. The van der Waals surface area contributed by atoms with E-state index in [0.717, 1.165) is 0 Å². The van der Waals surface area contributed by atoms with E-state index in [1.165, 1.54) is 49.9 Å². The average molecular weight is 253 g/mol. The highest BCUT2D eigenvalue weighted by Gasteiger charge is 2.26. The molecule has 0 radical (unpaired) electrons. The molecule has 0 spiro atoms. The van der Waals surface area contributed by atoms with Crippen molar-refractivity contribution in [3.63, 3.8) is 0 Å². The Kier molecular flexibility index (Phi) is 4.41. The monoisotopic (exact) mass is 252 g/mol. The van der Waals surface area contributed by atoms with Gasteiger partial charge in [-0.3, -0.25) is 4.90 Å². The van der Waals surface area contributed by atoms with Gasteiger partial charge in [-0.25, -0.2) is 4.98 Å². The molecule has 1 saturated heterocycles. The highest BCUT2D eigenvalue weighted by atomic mass is 35.5. The Morgan fingerprint density at radius 1 is 1.53 bits per heavy atom. The molecule has 0 unspecified atom stereocenters. The quantitative estimate of drug-likeness (QED) is 0.754. The molecule has 0 aliphatic carbocycles. The van der Waals surface area contributed by atoms with Crippen molar-refractivity contribution in [2.24, 2.45) is 0 Å². The normalized spacial score (nSPS) is 21.0. The first-order valence-corrected chi connectivity index (χ1v) is 6.96. The van der Waals surface area contributed by atoms with Gasteiger partial charge in [-0.1, -0.05) is 24.9 Å². The smallest absolute Gasteiger partial charge is 0.129 e. The molecular formula is C14H21ClN2. The Morgan fingerprint density at radius 3 is 3.06 bits per heavy atom. The molecule has 1 aliphatic heterocycles. The zero-order valence-electron chi connectivity index (χ0n) is 10.7. The maximum Gasteiger partial charge on any atom is 0.129 e. The van der Waals surface area contributed by atoms with Crippen molar-refractivity contribution < 1.29 is 0 Å². The van der Waals surface area contributed by atoms with Crippen LogP contribution in [0.4, 0.5) is 0 Å². The maximum atomic E-state index is 5.92. The number of rotatable bonds is 4. The molecule has 2 rings (SSSR count). The number of aryl methyl sites for hydroxylation is 1. The molecule has 1 atom stereocenters. The van der Waals surface area contributed by atoms with Crippen molar-refractivity contribution in [3.8, 4) is 0 Å². The van der Waals surface area contributed by atoms with Gasteiger partial charge in [-0.05, 0) is 56.5 Å². The number of pyridine rings is 1. The first-order valence-electron chi connectivity index (χ1n) is 6.58. The average Bonchev–Trinajstić information content (AvgIpc) is 2.74. The lowest BCUT2D eigenvalue weighted by Gasteiger charge is -2.25. The standard InChI is InChI=1S/C14H21ClN2/c1-3-4-7-17-8-5-6-13(17)12-10-16-14(15)9-11(12)2/h9-10,13H,3-8H2,1-2H3/t13-/m0/s1. The summed E-state index contributed by atoms with van der Waals surface area (Å²) in [5.74, 6) is 0. The first-order chi connectivity index (χ1) is 8.22. The SMILES string of the molecule is CCCCN1CCC[C@H]1c1cnc(Cl)cc1C. The van der Waals surface area contributed by atoms with Crippen LogP contribution in [0.15, 0.2) is 12.3 Å². The largest absolute Gasteiger partial charge is 0.296 e. The van der Waals surface area contributed by atoms with Crippen LogP contribution in [-0.2, 0) is 0 Å². The summed E-state index contributed by atoms with van der Waals surface area (Å²) >= 11 is 5.92. The summed E-state index contributed by atoms with van der Waals surface area (Å²) in [4.78, 5) is 6.84. The molecule has 1 aromatic rings. The van der Waals surface area contributed by atoms with E-state index in [2.05, 4.69) is 23.7 Å². The number of aromatic nitrogens is 1. The zero-order chi connectivity index (χ0) is 12.3. The van der Waals surface area contributed by atoms with Crippen molar-refractivity contribution in [2.75, 3.05) is 13.1 Å². The van der Waals surface area contributed by atoms with Gasteiger partial charge in [0.1, 0.15) is 5.15 Å². The third-order valence-corrected chi connectivity index (χ3v) is 3.85. The zero-order valence-corrected chi connectivity index (χ0v) is 11.5. The summed E-state index contributed by atoms with van der Waals surface area (Å²) in [6.07, 6.45) is 7.08. The summed E-state index contributed by atoms with van der Waals surface area (Å²) in [5, 5.41) is 0.601. The van der Waals surface area contributed by atoms with E-state index in [1.54, 1.807) is 0 Å². The molecule has 0 saturated carbocycles. The van der Waals surface area contributed by atoms with Crippen LogP contribution in [0.1, 0.15) is 49.8 Å². The van der Waals surface area contributed by atoms with Crippen LogP contribution in [0.3, 0.4) is 0 Å². The molecule has 2 nitrogen and oxygen atoms in total. The molecule has 94 valence electrons. The van der Waals surface area contributed by atoms with Crippen molar-refractivity contribution in [1.29, 1.82) is 0 Å². The van der Waals surface area contributed by atoms with Crippen LogP contribution >= 0.6 is 11.6 Å². The Balaban J connectivity index is 2.14. The minimum atomic E-state index is 0.561. The number of hydrogen-bond donors (Lipinski definition) is 0. The van der Waals surface area contributed by atoms with Crippen molar-refractivity contribution in [2.45, 2.75) is 45.6 Å². The molecular weight excluding hydrogens is 232 g/mol. The van der Waals surface area contributed by atoms with Gasteiger partial charge >= 0.3 is 0 Å². The third kappa shape index (κ3) is 2.99. The fourth-order valence-corrected chi connectivity index (χ4v) is 2.90. The van der Waals surface area contributed by atoms with Gasteiger partial charge in [-0.2, -0.15) is 0 Å². The minimum absolute atomic E-state index is 0.561. The lowest BCUT2D eigenvalue weighted by atomic mass is 10.0. The van der Waals surface area contributed by atoms with E-state index in [-0.39, 0.29) is 0 Å². The summed E-state index contributed by atoms with van der Waals surface area (Å²) in [6.45, 7) is 6.83. The fraction of sp³-hybridized carbons (Fsp3) is 0.643. The minimum Gasteiger partial charge on any atom is -0.296 e. The van der Waals surface area contributed by atoms with Gasteiger partial charge in [0.05, 0.1) is 0 Å². The Bertz CT molecular complexity index is 378. The van der Waals surface area contributed by atoms with Gasteiger partial charge < -0.3 is 0 Å². The van der Waals surface area contributed by atoms with E-state index < -0.39 is 0 Å². The molecule has 2 heterocycles. The van der Waals surface area contributed by atoms with Crippen LogP contribution in [0.25, 0.3) is 0 Å². The van der Waals surface area contributed by atoms with Crippen molar-refractivity contribution in [3.05, 3.63) is 28.5 Å². The second-order valence-electron chi connectivity index (χ2n) is 4.91. The first kappa shape index (κ1) is 12.8. The van der Waals surface area contributed by atoms with Crippen LogP contribution in [-0.4, -0.2) is 23.0 Å². The van der Waals surface area contributed by atoms with Crippen molar-refractivity contribution in [1.82, 2.24) is 9.88 Å². The number of unbranched alkanes of at least 4 members (excludes halogenated alkanes) is 1. The topological polar surface area (TPSA) is 16.1 Å². The highest BCUT2D eigenvalue weighted by molar-refractivity contribution is 6.29. The molecule has 0 amide bonds. The maximum absolute atomic E-state index is 5.92. The Morgan fingerprint density at radius 2 is 2.35 bits per heavy atom. The van der Waals surface area contributed by atoms with E-state index in [4.69, 9.17) is 11.6 Å². The number of likely N-dealkylation sites (tertiary alicyclic amines) is 1. The van der Waals surface area contributed by atoms with Crippen LogP contribution < -0.4 is 0 Å². The summed E-state index contributed by atoms with van der Waals surface area (Å²) < 4.78 is 0. The molecule has 1 aliphatic rings. The molecule has 3 heteroatoms. The predicted molar refractivity (Wildman–Crippen MR) is 72.4 cm³/mol. The van der Waals surface area contributed by atoms with E-state index in [9.17, 15) is 0 Å². The number of nitrogens with zero attached hydrogens (tertiary/aromatic N) is 2. The second kappa shape index (κ2) is 5.83.